The Balaban J connectivity index is 2.13. The van der Waals surface area contributed by atoms with E-state index >= 15 is 0 Å². The maximum atomic E-state index is 12.5. The third-order valence-corrected chi connectivity index (χ3v) is 3.83. The van der Waals surface area contributed by atoms with Gasteiger partial charge in [0, 0.05) is 6.61 Å². The molecule has 2 heteroatoms. The van der Waals surface area contributed by atoms with Crippen molar-refractivity contribution in [3.63, 3.8) is 0 Å². The molecule has 2 rings (SSSR count). The fourth-order valence-electron chi connectivity index (χ4n) is 3.00. The van der Waals surface area contributed by atoms with Gasteiger partial charge in [-0.1, -0.05) is 6.08 Å². The van der Waals surface area contributed by atoms with E-state index < -0.39 is 5.60 Å². The molecule has 16 heavy (non-hydrogen) atoms. The SMILES string of the molecule is CCOC1(C(=O)C2=CCCCC2)CCCC1. The van der Waals surface area contributed by atoms with E-state index in [0.29, 0.717) is 12.4 Å². The highest BCUT2D eigenvalue weighted by Crippen LogP contribution is 2.37. The Labute approximate surface area is 98.1 Å². The van der Waals surface area contributed by atoms with Crippen LogP contribution in [0.15, 0.2) is 11.6 Å². The Morgan fingerprint density at radius 3 is 2.62 bits per heavy atom. The summed E-state index contributed by atoms with van der Waals surface area (Å²) in [4.78, 5) is 12.5. The summed E-state index contributed by atoms with van der Waals surface area (Å²) < 4.78 is 5.82. The lowest BCUT2D eigenvalue weighted by Gasteiger charge is -2.29. The summed E-state index contributed by atoms with van der Waals surface area (Å²) in [6, 6.07) is 0. The van der Waals surface area contributed by atoms with Crippen molar-refractivity contribution in [3.05, 3.63) is 11.6 Å². The highest BCUT2D eigenvalue weighted by molar-refractivity contribution is 6.02. The second-order valence-electron chi connectivity index (χ2n) is 4.94. The summed E-state index contributed by atoms with van der Waals surface area (Å²) >= 11 is 0. The summed E-state index contributed by atoms with van der Waals surface area (Å²) in [5, 5.41) is 0. The predicted molar refractivity (Wildman–Crippen MR) is 64.4 cm³/mol. The molecule has 0 aromatic carbocycles. The molecule has 0 bridgehead atoms. The third-order valence-electron chi connectivity index (χ3n) is 3.83. The van der Waals surface area contributed by atoms with Crippen molar-refractivity contribution in [2.45, 2.75) is 63.9 Å². The van der Waals surface area contributed by atoms with Crippen molar-refractivity contribution in [2.24, 2.45) is 0 Å². The molecule has 0 heterocycles. The number of allylic oxidation sites excluding steroid dienone is 1. The summed E-state index contributed by atoms with van der Waals surface area (Å²) in [5.74, 6) is 0.298. The van der Waals surface area contributed by atoms with Gasteiger partial charge in [-0.2, -0.15) is 0 Å². The summed E-state index contributed by atoms with van der Waals surface area (Å²) in [7, 11) is 0. The molecule has 0 atom stereocenters. The van der Waals surface area contributed by atoms with E-state index in [4.69, 9.17) is 4.74 Å². The van der Waals surface area contributed by atoms with Crippen LogP contribution in [0, 0.1) is 0 Å². The van der Waals surface area contributed by atoms with Crippen molar-refractivity contribution in [1.82, 2.24) is 0 Å². The Hall–Kier alpha value is -0.630. The van der Waals surface area contributed by atoms with Gasteiger partial charge in [-0.3, -0.25) is 4.79 Å². The minimum absolute atomic E-state index is 0.298. The number of carbonyl (C=O) groups excluding carboxylic acids is 1. The van der Waals surface area contributed by atoms with Gasteiger partial charge in [-0.05, 0) is 63.9 Å². The molecule has 2 aliphatic rings. The average molecular weight is 222 g/mol. The van der Waals surface area contributed by atoms with Crippen LogP contribution in [0.5, 0.6) is 0 Å². The van der Waals surface area contributed by atoms with E-state index in [9.17, 15) is 4.79 Å². The molecule has 90 valence electrons. The zero-order valence-electron chi connectivity index (χ0n) is 10.3. The van der Waals surface area contributed by atoms with Crippen LogP contribution in [-0.2, 0) is 9.53 Å². The molecule has 2 nitrogen and oxygen atoms in total. The van der Waals surface area contributed by atoms with E-state index in [1.807, 2.05) is 6.92 Å². The highest BCUT2D eigenvalue weighted by Gasteiger charge is 2.42. The molecule has 0 aliphatic heterocycles. The topological polar surface area (TPSA) is 26.3 Å². The standard InChI is InChI=1S/C14H22O2/c1-2-16-14(10-6-7-11-14)13(15)12-8-4-3-5-9-12/h8H,2-7,9-11H2,1H3. The van der Waals surface area contributed by atoms with E-state index in [2.05, 4.69) is 6.08 Å². The maximum absolute atomic E-state index is 12.5. The van der Waals surface area contributed by atoms with E-state index in [-0.39, 0.29) is 0 Å². The van der Waals surface area contributed by atoms with Crippen molar-refractivity contribution in [2.75, 3.05) is 6.61 Å². The quantitative estimate of drug-likeness (QED) is 0.728. The number of rotatable bonds is 4. The zero-order chi connectivity index (χ0) is 11.4. The van der Waals surface area contributed by atoms with Crippen molar-refractivity contribution >= 4 is 5.78 Å². The van der Waals surface area contributed by atoms with E-state index in [1.165, 1.54) is 12.8 Å². The molecule has 0 aromatic heterocycles. The van der Waals surface area contributed by atoms with Gasteiger partial charge in [-0.25, -0.2) is 0 Å². The number of ether oxygens (including phenoxy) is 1. The van der Waals surface area contributed by atoms with Crippen LogP contribution in [0.4, 0.5) is 0 Å². The minimum atomic E-state index is -0.447. The molecule has 0 spiro atoms. The van der Waals surface area contributed by atoms with Crippen molar-refractivity contribution in [1.29, 1.82) is 0 Å². The molecular weight excluding hydrogens is 200 g/mol. The summed E-state index contributed by atoms with van der Waals surface area (Å²) in [6.07, 6.45) is 10.7. The lowest BCUT2D eigenvalue weighted by Crippen LogP contribution is -2.40. The van der Waals surface area contributed by atoms with Crippen LogP contribution in [0.3, 0.4) is 0 Å². The molecule has 0 unspecified atom stereocenters. The smallest absolute Gasteiger partial charge is 0.190 e. The fourth-order valence-corrected chi connectivity index (χ4v) is 3.00. The zero-order valence-corrected chi connectivity index (χ0v) is 10.3. The third kappa shape index (κ3) is 2.22. The van der Waals surface area contributed by atoms with Crippen LogP contribution in [0.25, 0.3) is 0 Å². The Bertz CT molecular complexity index is 285. The predicted octanol–water partition coefficient (Wildman–Crippen LogP) is 3.41. The Kier molecular flexibility index (Phi) is 3.80. The number of ketones is 1. The summed E-state index contributed by atoms with van der Waals surface area (Å²) in [5.41, 5.74) is 0.597. The molecule has 0 radical (unpaired) electrons. The van der Waals surface area contributed by atoms with Gasteiger partial charge in [-0.15, -0.1) is 0 Å². The lowest BCUT2D eigenvalue weighted by atomic mass is 9.85. The van der Waals surface area contributed by atoms with Crippen LogP contribution < -0.4 is 0 Å². The first kappa shape index (κ1) is 11.8. The number of carbonyl (C=O) groups is 1. The van der Waals surface area contributed by atoms with Crippen molar-refractivity contribution in [3.8, 4) is 0 Å². The summed E-state index contributed by atoms with van der Waals surface area (Å²) in [6.45, 7) is 2.64. The lowest BCUT2D eigenvalue weighted by molar-refractivity contribution is -0.139. The molecule has 0 saturated heterocycles. The molecule has 1 saturated carbocycles. The van der Waals surface area contributed by atoms with Crippen LogP contribution in [-0.4, -0.2) is 18.0 Å². The van der Waals surface area contributed by atoms with Gasteiger partial charge in [0.1, 0.15) is 5.60 Å². The second kappa shape index (κ2) is 5.13. The average Bonchev–Trinajstić information content (AvgIpc) is 2.80. The van der Waals surface area contributed by atoms with Gasteiger partial charge in [0.05, 0.1) is 0 Å². The van der Waals surface area contributed by atoms with Gasteiger partial charge in [0.15, 0.2) is 5.78 Å². The van der Waals surface area contributed by atoms with Crippen LogP contribution >= 0.6 is 0 Å². The largest absolute Gasteiger partial charge is 0.367 e. The number of Topliss-reactive ketones (excluding diaryl/α,β-unsaturated/α-hetero) is 1. The molecule has 0 aromatic rings. The molecule has 0 amide bonds. The Morgan fingerprint density at radius 2 is 2.06 bits per heavy atom. The van der Waals surface area contributed by atoms with Gasteiger partial charge >= 0.3 is 0 Å². The number of hydrogen-bond acceptors (Lipinski definition) is 2. The maximum Gasteiger partial charge on any atom is 0.190 e. The first-order valence-electron chi connectivity index (χ1n) is 6.66. The second-order valence-corrected chi connectivity index (χ2v) is 4.94. The molecular formula is C14H22O2. The fraction of sp³-hybridized carbons (Fsp3) is 0.786. The van der Waals surface area contributed by atoms with Crippen molar-refractivity contribution < 1.29 is 9.53 Å². The normalized spacial score (nSPS) is 24.2. The van der Waals surface area contributed by atoms with Gasteiger partial charge in [0.25, 0.3) is 0 Å². The first-order valence-corrected chi connectivity index (χ1v) is 6.66. The highest BCUT2D eigenvalue weighted by atomic mass is 16.5. The number of hydrogen-bond donors (Lipinski definition) is 0. The first-order chi connectivity index (χ1) is 7.78. The molecule has 0 N–H and O–H groups in total. The Morgan fingerprint density at radius 1 is 1.31 bits per heavy atom. The minimum Gasteiger partial charge on any atom is -0.367 e. The van der Waals surface area contributed by atoms with Gasteiger partial charge in [0.2, 0.25) is 0 Å². The van der Waals surface area contributed by atoms with E-state index in [0.717, 1.165) is 44.1 Å². The van der Waals surface area contributed by atoms with Gasteiger partial charge < -0.3 is 4.74 Å². The van der Waals surface area contributed by atoms with E-state index in [1.54, 1.807) is 0 Å². The molecule has 2 aliphatic carbocycles. The van der Waals surface area contributed by atoms with Crippen LogP contribution in [0.2, 0.25) is 0 Å². The van der Waals surface area contributed by atoms with Crippen LogP contribution in [0.1, 0.15) is 58.3 Å². The molecule has 1 fully saturated rings. The monoisotopic (exact) mass is 222 g/mol.